The maximum atomic E-state index is 12.4. The molecule has 176 valence electrons. The number of carboxylic acid groups (broad SMARTS) is 1. The maximum absolute atomic E-state index is 12.4. The van der Waals surface area contributed by atoms with Crippen molar-refractivity contribution in [2.24, 2.45) is 0 Å². The van der Waals surface area contributed by atoms with Crippen molar-refractivity contribution in [1.29, 1.82) is 0 Å². The first-order valence-corrected chi connectivity index (χ1v) is 13.0. The molecule has 0 saturated carbocycles. The second-order valence-corrected chi connectivity index (χ2v) is 10.3. The lowest BCUT2D eigenvalue weighted by atomic mass is 10.00. The second-order valence-electron chi connectivity index (χ2n) is 8.07. The van der Waals surface area contributed by atoms with Gasteiger partial charge in [0.15, 0.2) is 10.0 Å². The van der Waals surface area contributed by atoms with Gasteiger partial charge in [0, 0.05) is 30.5 Å². The largest absolute Gasteiger partial charge is 0.476 e. The van der Waals surface area contributed by atoms with E-state index < -0.39 is 12.1 Å². The summed E-state index contributed by atoms with van der Waals surface area (Å²) in [7, 11) is 0. The van der Waals surface area contributed by atoms with E-state index in [-0.39, 0.29) is 17.6 Å². The number of carboxylic acids is 1. The molecule has 1 aliphatic heterocycles. The summed E-state index contributed by atoms with van der Waals surface area (Å²) in [5.74, 6) is -0.295. The zero-order valence-corrected chi connectivity index (χ0v) is 20.2. The Morgan fingerprint density at radius 2 is 2.00 bits per heavy atom. The van der Waals surface area contributed by atoms with Gasteiger partial charge in [-0.2, -0.15) is 0 Å². The number of rotatable bonds is 10. The zero-order valence-electron chi connectivity index (χ0n) is 18.5. The number of carbonyl (C=O) groups excluding carboxylic acids is 1. The van der Waals surface area contributed by atoms with Crippen molar-refractivity contribution in [2.45, 2.75) is 35.7 Å². The molecule has 2 atom stereocenters. The van der Waals surface area contributed by atoms with Gasteiger partial charge in [-0.05, 0) is 23.1 Å². The van der Waals surface area contributed by atoms with Crippen LogP contribution in [0, 0.1) is 0 Å². The maximum Gasteiger partial charge on any atom is 0.355 e. The van der Waals surface area contributed by atoms with Crippen molar-refractivity contribution in [3.8, 4) is 11.1 Å². The number of aliphatic hydroxyl groups excluding tert-OH is 1. The number of aromatic carboxylic acids is 1. The lowest BCUT2D eigenvalue weighted by Crippen LogP contribution is -2.33. The summed E-state index contributed by atoms with van der Waals surface area (Å²) in [5.41, 5.74) is 3.37. The van der Waals surface area contributed by atoms with Crippen LogP contribution >= 0.6 is 23.1 Å². The molecule has 1 fully saturated rings. The number of hydrogen-bond donors (Lipinski definition) is 2. The summed E-state index contributed by atoms with van der Waals surface area (Å²) in [5, 5.41) is 21.1. The smallest absolute Gasteiger partial charge is 0.355 e. The molecule has 0 bridgehead atoms. The first-order valence-electron chi connectivity index (χ1n) is 11.1. The number of nitrogens with zero attached hydrogens (tertiary/aromatic N) is 2. The Kier molecular flexibility index (Phi) is 8.16. The van der Waals surface area contributed by atoms with E-state index in [0.29, 0.717) is 29.5 Å². The number of carbonyl (C=O) groups is 2. The Balaban J connectivity index is 1.31. The van der Waals surface area contributed by atoms with Crippen LogP contribution in [0.2, 0.25) is 0 Å². The van der Waals surface area contributed by atoms with Crippen LogP contribution in [0.25, 0.3) is 11.1 Å². The van der Waals surface area contributed by atoms with Crippen molar-refractivity contribution in [2.75, 3.05) is 12.3 Å². The van der Waals surface area contributed by atoms with Crippen LogP contribution in [0.4, 0.5) is 0 Å². The molecule has 1 saturated heterocycles. The van der Waals surface area contributed by atoms with Gasteiger partial charge in [0.1, 0.15) is 0 Å². The predicted octanol–water partition coefficient (Wildman–Crippen LogP) is 4.75. The van der Waals surface area contributed by atoms with Crippen LogP contribution in [-0.4, -0.2) is 56.4 Å². The highest BCUT2D eigenvalue weighted by Gasteiger charge is 2.28. The molecule has 0 spiro atoms. The summed E-state index contributed by atoms with van der Waals surface area (Å²) in [6, 6.07) is 18.3. The quantitative estimate of drug-likeness (QED) is 0.312. The first kappa shape index (κ1) is 24.2. The van der Waals surface area contributed by atoms with Crippen molar-refractivity contribution in [3.63, 3.8) is 0 Å². The Bertz CT molecular complexity index is 1160. The van der Waals surface area contributed by atoms with E-state index in [4.69, 9.17) is 5.11 Å². The monoisotopic (exact) mass is 494 g/mol. The number of thiazole rings is 1. The molecule has 1 amide bonds. The molecule has 3 aromatic rings. The molecule has 4 rings (SSSR count). The number of likely N-dealkylation sites (tertiary alicyclic amines) is 1. The molecule has 6 nitrogen and oxygen atoms in total. The second kappa shape index (κ2) is 11.5. The van der Waals surface area contributed by atoms with E-state index in [9.17, 15) is 14.7 Å². The molecule has 0 unspecified atom stereocenters. The highest BCUT2D eigenvalue weighted by Crippen LogP contribution is 2.26. The fourth-order valence-corrected chi connectivity index (χ4v) is 5.78. The van der Waals surface area contributed by atoms with Crippen LogP contribution in [-0.2, 0) is 11.2 Å². The number of aromatic nitrogens is 1. The van der Waals surface area contributed by atoms with E-state index in [2.05, 4.69) is 29.2 Å². The molecule has 2 heterocycles. The topological polar surface area (TPSA) is 90.7 Å². The average Bonchev–Trinajstić information content (AvgIpc) is 3.46. The summed E-state index contributed by atoms with van der Waals surface area (Å²) < 4.78 is 0.685. The summed E-state index contributed by atoms with van der Waals surface area (Å²) in [6.45, 7) is 0.551. The van der Waals surface area contributed by atoms with Gasteiger partial charge in [-0.1, -0.05) is 78.5 Å². The third kappa shape index (κ3) is 6.34. The van der Waals surface area contributed by atoms with Crippen molar-refractivity contribution in [3.05, 3.63) is 83.4 Å². The van der Waals surface area contributed by atoms with Crippen molar-refractivity contribution in [1.82, 2.24) is 9.88 Å². The minimum absolute atomic E-state index is 0.0377. The highest BCUT2D eigenvalue weighted by atomic mass is 32.2. The van der Waals surface area contributed by atoms with E-state index in [0.717, 1.165) is 23.1 Å². The molecule has 1 aromatic heterocycles. The third-order valence-electron chi connectivity index (χ3n) is 5.67. The molecule has 0 radical (unpaired) electrons. The van der Waals surface area contributed by atoms with Crippen LogP contribution in [0.5, 0.6) is 0 Å². The standard InChI is InChI=1S/C26H26N2O4S2/c29-22(16-18-5-4-8-20(15-18)19-6-2-1-3-7-19)11-9-21-10-12-24(30)28(21)13-14-33-26-27-23(17-34-26)25(31)32/h1-9,11,15,17,21-22,29H,10,12-14,16H2,(H,31,32)/b11-9+/t21-,22+/m0/s1. The normalized spacial score (nSPS) is 16.9. The van der Waals surface area contributed by atoms with Gasteiger partial charge in [0.05, 0.1) is 12.1 Å². The lowest BCUT2D eigenvalue weighted by molar-refractivity contribution is -0.128. The van der Waals surface area contributed by atoms with E-state index in [1.807, 2.05) is 41.3 Å². The number of hydrogen-bond acceptors (Lipinski definition) is 6. The van der Waals surface area contributed by atoms with Crippen LogP contribution in [0.3, 0.4) is 0 Å². The highest BCUT2D eigenvalue weighted by molar-refractivity contribution is 8.01. The number of thioether (sulfide) groups is 1. The first-order chi connectivity index (χ1) is 16.5. The van der Waals surface area contributed by atoms with E-state index in [1.165, 1.54) is 28.5 Å². The minimum Gasteiger partial charge on any atom is -0.476 e. The number of amides is 1. The van der Waals surface area contributed by atoms with Gasteiger partial charge in [-0.3, -0.25) is 4.79 Å². The van der Waals surface area contributed by atoms with Crippen LogP contribution in [0.15, 0.2) is 76.5 Å². The fraction of sp³-hybridized carbons (Fsp3) is 0.269. The van der Waals surface area contributed by atoms with Gasteiger partial charge in [-0.15, -0.1) is 11.3 Å². The molecule has 0 aliphatic carbocycles. The number of benzene rings is 2. The Morgan fingerprint density at radius 3 is 2.76 bits per heavy atom. The summed E-state index contributed by atoms with van der Waals surface area (Å²) in [4.78, 5) is 29.2. The van der Waals surface area contributed by atoms with E-state index in [1.54, 1.807) is 6.08 Å². The fourth-order valence-electron chi connectivity index (χ4n) is 3.97. The minimum atomic E-state index is -1.03. The van der Waals surface area contributed by atoms with Crippen LogP contribution in [0.1, 0.15) is 28.9 Å². The molecule has 34 heavy (non-hydrogen) atoms. The molecule has 1 aliphatic rings. The molecule has 2 N–H and O–H groups in total. The Labute approximate surface area is 207 Å². The van der Waals surface area contributed by atoms with Gasteiger partial charge >= 0.3 is 5.97 Å². The predicted molar refractivity (Wildman–Crippen MR) is 135 cm³/mol. The lowest BCUT2D eigenvalue weighted by Gasteiger charge is -2.22. The van der Waals surface area contributed by atoms with E-state index >= 15 is 0 Å². The molecular formula is C26H26N2O4S2. The van der Waals surface area contributed by atoms with Gasteiger partial charge in [0.25, 0.3) is 0 Å². The molecule has 2 aromatic carbocycles. The average molecular weight is 495 g/mol. The SMILES string of the molecule is O=C(O)c1csc(SCCN2C(=O)CC[C@@H]2/C=C/[C@@H](O)Cc2cccc(-c3ccccc3)c2)n1. The third-order valence-corrected chi connectivity index (χ3v) is 7.67. The van der Waals surface area contributed by atoms with Gasteiger partial charge < -0.3 is 15.1 Å². The molecular weight excluding hydrogens is 468 g/mol. The van der Waals surface area contributed by atoms with Crippen molar-refractivity contribution >= 4 is 35.0 Å². The molecule has 8 heteroatoms. The summed E-state index contributed by atoms with van der Waals surface area (Å²) in [6.07, 6.45) is 4.82. The number of aliphatic hydroxyl groups is 1. The van der Waals surface area contributed by atoms with Gasteiger partial charge in [0.2, 0.25) is 5.91 Å². The van der Waals surface area contributed by atoms with Crippen LogP contribution < -0.4 is 0 Å². The zero-order chi connectivity index (χ0) is 23.9. The Hall–Kier alpha value is -2.94. The Morgan fingerprint density at radius 1 is 1.21 bits per heavy atom. The van der Waals surface area contributed by atoms with Crippen molar-refractivity contribution < 1.29 is 19.8 Å². The summed E-state index contributed by atoms with van der Waals surface area (Å²) >= 11 is 2.75. The van der Waals surface area contributed by atoms with Gasteiger partial charge in [-0.25, -0.2) is 9.78 Å².